The number of H-pyrrole nitrogens is 1. The maximum absolute atomic E-state index is 13.2. The van der Waals surface area contributed by atoms with Gasteiger partial charge in [-0.3, -0.25) is 9.89 Å². The normalized spacial score (nSPS) is 22.1. The molecule has 0 spiro atoms. The number of nitrogens with one attached hydrogen (secondary N) is 1. The fourth-order valence-corrected chi connectivity index (χ4v) is 4.90. The number of amides is 1. The number of nitrogens with zero attached hydrogens (tertiary/aromatic N) is 2. The number of halogens is 1. The molecule has 4 nitrogen and oxygen atoms in total. The van der Waals surface area contributed by atoms with Crippen LogP contribution in [0.1, 0.15) is 63.1 Å². The van der Waals surface area contributed by atoms with Crippen molar-refractivity contribution in [3.05, 3.63) is 40.5 Å². The van der Waals surface area contributed by atoms with Gasteiger partial charge in [-0.2, -0.15) is 5.10 Å². The fourth-order valence-electron chi connectivity index (χ4n) is 4.78. The average molecular weight is 400 g/mol. The van der Waals surface area contributed by atoms with Crippen molar-refractivity contribution in [2.24, 2.45) is 11.8 Å². The SMILES string of the molecule is CCCCC1CCC(C(=O)N2CCc3[nH]nc(-c4ccc(Cl)cc4)c3C2)CC1. The van der Waals surface area contributed by atoms with Crippen LogP contribution in [0.25, 0.3) is 11.3 Å². The van der Waals surface area contributed by atoms with Gasteiger partial charge >= 0.3 is 0 Å². The lowest BCUT2D eigenvalue weighted by atomic mass is 9.79. The highest BCUT2D eigenvalue weighted by Gasteiger charge is 2.32. The molecule has 1 aromatic heterocycles. The quantitative estimate of drug-likeness (QED) is 0.710. The topological polar surface area (TPSA) is 49.0 Å². The molecule has 28 heavy (non-hydrogen) atoms. The lowest BCUT2D eigenvalue weighted by Crippen LogP contribution is -2.40. The van der Waals surface area contributed by atoms with Gasteiger partial charge in [-0.15, -0.1) is 0 Å². The van der Waals surface area contributed by atoms with E-state index in [4.69, 9.17) is 11.6 Å². The Morgan fingerprint density at radius 2 is 1.96 bits per heavy atom. The molecule has 0 unspecified atom stereocenters. The van der Waals surface area contributed by atoms with Crippen LogP contribution >= 0.6 is 11.6 Å². The summed E-state index contributed by atoms with van der Waals surface area (Å²) in [5, 5.41) is 8.44. The summed E-state index contributed by atoms with van der Waals surface area (Å²) in [6.07, 6.45) is 9.35. The summed E-state index contributed by atoms with van der Waals surface area (Å²) in [5.74, 6) is 1.40. The Balaban J connectivity index is 1.42. The zero-order valence-electron chi connectivity index (χ0n) is 16.7. The standard InChI is InChI=1S/C23H30ClN3O/c1-2-3-4-16-5-7-18(8-6-16)23(28)27-14-13-21-20(15-27)22(26-25-21)17-9-11-19(24)12-10-17/h9-12,16,18H,2-8,13-15H2,1H3,(H,25,26). The molecule has 1 aliphatic heterocycles. The van der Waals surface area contributed by atoms with Crippen LogP contribution in [-0.4, -0.2) is 27.5 Å². The van der Waals surface area contributed by atoms with Crippen molar-refractivity contribution in [1.82, 2.24) is 15.1 Å². The monoisotopic (exact) mass is 399 g/mol. The molecule has 0 saturated heterocycles. The Kier molecular flexibility index (Phi) is 6.05. The number of hydrogen-bond acceptors (Lipinski definition) is 2. The van der Waals surface area contributed by atoms with Gasteiger partial charge in [0.15, 0.2) is 0 Å². The molecule has 4 rings (SSSR count). The van der Waals surface area contributed by atoms with Gasteiger partial charge in [-0.1, -0.05) is 49.9 Å². The Labute approximate surface area is 172 Å². The van der Waals surface area contributed by atoms with Crippen LogP contribution in [0.2, 0.25) is 5.02 Å². The zero-order valence-corrected chi connectivity index (χ0v) is 17.5. The number of aromatic amines is 1. The molecule has 1 aliphatic carbocycles. The smallest absolute Gasteiger partial charge is 0.225 e. The summed E-state index contributed by atoms with van der Waals surface area (Å²) in [4.78, 5) is 15.2. The summed E-state index contributed by atoms with van der Waals surface area (Å²) in [7, 11) is 0. The molecule has 2 heterocycles. The van der Waals surface area contributed by atoms with Crippen molar-refractivity contribution < 1.29 is 4.79 Å². The summed E-state index contributed by atoms with van der Waals surface area (Å²) < 4.78 is 0. The molecule has 0 radical (unpaired) electrons. The van der Waals surface area contributed by atoms with Crippen molar-refractivity contribution in [1.29, 1.82) is 0 Å². The maximum Gasteiger partial charge on any atom is 0.225 e. The number of fused-ring (bicyclic) bond motifs is 1. The second-order valence-corrected chi connectivity index (χ2v) is 8.84. The highest BCUT2D eigenvalue weighted by atomic mass is 35.5. The van der Waals surface area contributed by atoms with Gasteiger partial charge in [0.25, 0.3) is 0 Å². The largest absolute Gasteiger partial charge is 0.338 e. The molecule has 1 fully saturated rings. The minimum atomic E-state index is 0.213. The van der Waals surface area contributed by atoms with Gasteiger partial charge in [0.2, 0.25) is 5.91 Å². The van der Waals surface area contributed by atoms with Gasteiger partial charge in [0.05, 0.1) is 5.69 Å². The average Bonchev–Trinajstić information content (AvgIpc) is 3.16. The maximum atomic E-state index is 13.2. The number of unbranched alkanes of at least 4 members (excludes halogenated alkanes) is 1. The summed E-state index contributed by atoms with van der Waals surface area (Å²) in [5.41, 5.74) is 4.33. The number of carbonyl (C=O) groups excluding carboxylic acids is 1. The molecule has 1 N–H and O–H groups in total. The van der Waals surface area contributed by atoms with Gasteiger partial charge in [0, 0.05) is 47.3 Å². The van der Waals surface area contributed by atoms with E-state index in [0.717, 1.165) is 53.7 Å². The summed E-state index contributed by atoms with van der Waals surface area (Å²) in [6.45, 7) is 3.72. The van der Waals surface area contributed by atoms with Gasteiger partial charge in [0.1, 0.15) is 0 Å². The van der Waals surface area contributed by atoms with Crippen LogP contribution in [0.4, 0.5) is 0 Å². The molecule has 1 saturated carbocycles. The van der Waals surface area contributed by atoms with Crippen LogP contribution in [-0.2, 0) is 17.8 Å². The molecule has 0 bridgehead atoms. The van der Waals surface area contributed by atoms with Crippen LogP contribution in [0.3, 0.4) is 0 Å². The van der Waals surface area contributed by atoms with E-state index in [0.29, 0.717) is 12.5 Å². The van der Waals surface area contributed by atoms with E-state index in [1.807, 2.05) is 24.3 Å². The van der Waals surface area contributed by atoms with Crippen LogP contribution in [0.5, 0.6) is 0 Å². The van der Waals surface area contributed by atoms with Crippen molar-refractivity contribution >= 4 is 17.5 Å². The first-order chi connectivity index (χ1) is 13.7. The summed E-state index contributed by atoms with van der Waals surface area (Å²) >= 11 is 6.02. The van der Waals surface area contributed by atoms with E-state index in [2.05, 4.69) is 22.0 Å². The van der Waals surface area contributed by atoms with E-state index in [1.54, 1.807) is 0 Å². The zero-order chi connectivity index (χ0) is 19.5. The number of hydrogen-bond donors (Lipinski definition) is 1. The van der Waals surface area contributed by atoms with Crippen molar-refractivity contribution in [2.45, 2.75) is 64.8 Å². The molecule has 2 aromatic rings. The molecule has 1 amide bonds. The van der Waals surface area contributed by atoms with E-state index in [1.165, 1.54) is 37.7 Å². The molecular formula is C23H30ClN3O. The third-order valence-corrected chi connectivity index (χ3v) is 6.78. The minimum Gasteiger partial charge on any atom is -0.338 e. The van der Waals surface area contributed by atoms with Gasteiger partial charge in [-0.05, 0) is 43.7 Å². The Morgan fingerprint density at radius 3 is 2.68 bits per heavy atom. The Hall–Kier alpha value is -1.81. The first-order valence-electron chi connectivity index (χ1n) is 10.8. The number of carbonyl (C=O) groups is 1. The van der Waals surface area contributed by atoms with Crippen molar-refractivity contribution in [2.75, 3.05) is 6.54 Å². The molecular weight excluding hydrogens is 370 g/mol. The Morgan fingerprint density at radius 1 is 1.21 bits per heavy atom. The number of aromatic nitrogens is 2. The fraction of sp³-hybridized carbons (Fsp3) is 0.565. The lowest BCUT2D eigenvalue weighted by molar-refractivity contribution is -0.137. The van der Waals surface area contributed by atoms with Crippen LogP contribution in [0, 0.1) is 11.8 Å². The lowest BCUT2D eigenvalue weighted by Gasteiger charge is -2.34. The van der Waals surface area contributed by atoms with Crippen molar-refractivity contribution in [3.8, 4) is 11.3 Å². The van der Waals surface area contributed by atoms with Crippen LogP contribution in [0.15, 0.2) is 24.3 Å². The second kappa shape index (κ2) is 8.69. The number of rotatable bonds is 5. The van der Waals surface area contributed by atoms with E-state index in [-0.39, 0.29) is 5.92 Å². The second-order valence-electron chi connectivity index (χ2n) is 8.41. The van der Waals surface area contributed by atoms with Crippen LogP contribution < -0.4 is 0 Å². The third-order valence-electron chi connectivity index (χ3n) is 6.52. The molecule has 5 heteroatoms. The molecule has 1 aromatic carbocycles. The van der Waals surface area contributed by atoms with Gasteiger partial charge in [-0.25, -0.2) is 0 Å². The predicted octanol–water partition coefficient (Wildman–Crippen LogP) is 5.61. The highest BCUT2D eigenvalue weighted by Crippen LogP contribution is 2.35. The highest BCUT2D eigenvalue weighted by molar-refractivity contribution is 6.30. The van der Waals surface area contributed by atoms with Crippen molar-refractivity contribution in [3.63, 3.8) is 0 Å². The summed E-state index contributed by atoms with van der Waals surface area (Å²) in [6, 6.07) is 7.77. The first kappa shape index (κ1) is 19.5. The number of benzene rings is 1. The third kappa shape index (κ3) is 4.12. The van der Waals surface area contributed by atoms with Gasteiger partial charge < -0.3 is 4.90 Å². The minimum absolute atomic E-state index is 0.213. The van der Waals surface area contributed by atoms with E-state index >= 15 is 0 Å². The van der Waals surface area contributed by atoms with E-state index < -0.39 is 0 Å². The Bertz CT molecular complexity index is 806. The molecule has 150 valence electrons. The van der Waals surface area contributed by atoms with E-state index in [9.17, 15) is 4.79 Å². The molecule has 0 atom stereocenters. The first-order valence-corrected chi connectivity index (χ1v) is 11.1. The predicted molar refractivity (Wildman–Crippen MR) is 113 cm³/mol. The molecule has 2 aliphatic rings.